The molecule has 3 heterocycles. The van der Waals surface area contributed by atoms with E-state index in [4.69, 9.17) is 0 Å². The molecule has 7 nitrogen and oxygen atoms in total. The van der Waals surface area contributed by atoms with E-state index in [0.717, 1.165) is 49.2 Å². The molecule has 2 aromatic heterocycles. The Labute approximate surface area is 142 Å². The number of amides is 1. The second kappa shape index (κ2) is 7.17. The Bertz CT molecular complexity index is 723. The zero-order valence-electron chi connectivity index (χ0n) is 14.5. The Morgan fingerprint density at radius 2 is 2.21 bits per heavy atom. The predicted molar refractivity (Wildman–Crippen MR) is 93.7 cm³/mol. The number of piperidine rings is 1. The van der Waals surface area contributed by atoms with Gasteiger partial charge in [-0.05, 0) is 19.8 Å². The number of carbonyl (C=O) groups is 1. The first-order chi connectivity index (χ1) is 11.6. The van der Waals surface area contributed by atoms with Crippen molar-refractivity contribution >= 4 is 16.9 Å². The Morgan fingerprint density at radius 1 is 1.46 bits per heavy atom. The molecule has 3 rings (SSSR count). The lowest BCUT2D eigenvalue weighted by molar-refractivity contribution is -0.122. The fourth-order valence-corrected chi connectivity index (χ4v) is 3.43. The lowest BCUT2D eigenvalue weighted by Crippen LogP contribution is -2.44. The van der Waals surface area contributed by atoms with Gasteiger partial charge in [0, 0.05) is 39.1 Å². The number of hydrogen-bond acceptors (Lipinski definition) is 4. The number of aryl methyl sites for hydroxylation is 3. The van der Waals surface area contributed by atoms with Gasteiger partial charge in [-0.15, -0.1) is 6.58 Å². The van der Waals surface area contributed by atoms with Gasteiger partial charge < -0.3 is 5.32 Å². The Kier molecular flexibility index (Phi) is 4.99. The third-order valence-corrected chi connectivity index (χ3v) is 4.70. The number of aromatic nitrogens is 4. The van der Waals surface area contributed by atoms with Gasteiger partial charge in [-0.3, -0.25) is 19.1 Å². The van der Waals surface area contributed by atoms with E-state index in [1.165, 1.54) is 0 Å². The average Bonchev–Trinajstić information content (AvgIpc) is 3.10. The molecule has 7 heteroatoms. The van der Waals surface area contributed by atoms with Crippen LogP contribution >= 0.6 is 0 Å². The zero-order chi connectivity index (χ0) is 17.1. The fourth-order valence-electron chi connectivity index (χ4n) is 3.43. The van der Waals surface area contributed by atoms with Gasteiger partial charge >= 0.3 is 0 Å². The second-order valence-corrected chi connectivity index (χ2v) is 6.49. The van der Waals surface area contributed by atoms with E-state index in [1.807, 2.05) is 35.6 Å². The first-order valence-corrected chi connectivity index (χ1v) is 8.56. The summed E-state index contributed by atoms with van der Waals surface area (Å²) in [5.74, 6) is 0.0994. The third-order valence-electron chi connectivity index (χ3n) is 4.70. The fraction of sp³-hybridized carbons (Fsp3) is 0.588. The maximum absolute atomic E-state index is 12.2. The molecule has 0 saturated carbocycles. The summed E-state index contributed by atoms with van der Waals surface area (Å²) in [5.41, 5.74) is 2.96. The number of carbonyl (C=O) groups excluding carboxylic acids is 1. The standard InChI is InChI=1S/C17H26N6O/c1-4-8-22-9-5-14(6-10-22)19-16(24)7-11-23-17-13(2)20-21(3)15(17)12-18-23/h4,12,14H,1,5-11H2,2-3H3,(H,19,24). The van der Waals surface area contributed by atoms with E-state index in [0.29, 0.717) is 13.0 Å². The molecule has 1 fully saturated rings. The lowest BCUT2D eigenvalue weighted by atomic mass is 10.0. The molecule has 0 unspecified atom stereocenters. The van der Waals surface area contributed by atoms with Crippen molar-refractivity contribution in [2.75, 3.05) is 19.6 Å². The topological polar surface area (TPSA) is 68.0 Å². The van der Waals surface area contributed by atoms with E-state index in [9.17, 15) is 4.79 Å². The van der Waals surface area contributed by atoms with Gasteiger partial charge in [0.25, 0.3) is 0 Å². The van der Waals surface area contributed by atoms with Crippen LogP contribution in [0.2, 0.25) is 0 Å². The van der Waals surface area contributed by atoms with E-state index in [1.54, 1.807) is 0 Å². The van der Waals surface area contributed by atoms with Gasteiger partial charge in [-0.2, -0.15) is 10.2 Å². The number of hydrogen-bond donors (Lipinski definition) is 1. The van der Waals surface area contributed by atoms with Crippen LogP contribution in [-0.2, 0) is 18.4 Å². The quantitative estimate of drug-likeness (QED) is 0.809. The van der Waals surface area contributed by atoms with Crippen molar-refractivity contribution in [3.05, 3.63) is 24.5 Å². The molecule has 1 aliphatic heterocycles. The summed E-state index contributed by atoms with van der Waals surface area (Å²) in [6.07, 6.45) is 6.20. The molecule has 0 aromatic carbocycles. The van der Waals surface area contributed by atoms with E-state index < -0.39 is 0 Å². The second-order valence-electron chi connectivity index (χ2n) is 6.49. The molecular formula is C17H26N6O. The van der Waals surface area contributed by atoms with Crippen LogP contribution in [0, 0.1) is 6.92 Å². The van der Waals surface area contributed by atoms with Crippen molar-refractivity contribution in [3.63, 3.8) is 0 Å². The molecule has 0 spiro atoms. The SMILES string of the molecule is C=CCN1CCC(NC(=O)CCn2ncc3c2c(C)nn3C)CC1. The average molecular weight is 330 g/mol. The first kappa shape index (κ1) is 16.7. The molecular weight excluding hydrogens is 304 g/mol. The zero-order valence-corrected chi connectivity index (χ0v) is 14.5. The minimum Gasteiger partial charge on any atom is -0.353 e. The maximum Gasteiger partial charge on any atom is 0.222 e. The van der Waals surface area contributed by atoms with Crippen LogP contribution in [0.15, 0.2) is 18.9 Å². The van der Waals surface area contributed by atoms with Crippen molar-refractivity contribution in [1.82, 2.24) is 29.8 Å². The number of nitrogens with one attached hydrogen (secondary N) is 1. The van der Waals surface area contributed by atoms with Crippen LogP contribution in [0.1, 0.15) is 25.0 Å². The largest absolute Gasteiger partial charge is 0.353 e. The Hall–Kier alpha value is -2.15. The van der Waals surface area contributed by atoms with Gasteiger partial charge in [0.2, 0.25) is 5.91 Å². The summed E-state index contributed by atoms with van der Waals surface area (Å²) < 4.78 is 3.70. The van der Waals surface area contributed by atoms with Crippen molar-refractivity contribution in [2.45, 2.75) is 38.8 Å². The van der Waals surface area contributed by atoms with Crippen LogP contribution in [-0.4, -0.2) is 56.0 Å². The summed E-state index contributed by atoms with van der Waals surface area (Å²) in [6, 6.07) is 0.288. The molecule has 1 aliphatic rings. The molecule has 2 aromatic rings. The van der Waals surface area contributed by atoms with Crippen LogP contribution in [0.5, 0.6) is 0 Å². The lowest BCUT2D eigenvalue weighted by Gasteiger charge is -2.31. The Balaban J connectivity index is 1.50. The summed E-state index contributed by atoms with van der Waals surface area (Å²) in [5, 5.41) is 11.9. The molecule has 24 heavy (non-hydrogen) atoms. The van der Waals surface area contributed by atoms with Crippen LogP contribution < -0.4 is 5.32 Å². The maximum atomic E-state index is 12.2. The van der Waals surface area contributed by atoms with E-state index in [2.05, 4.69) is 27.0 Å². The smallest absolute Gasteiger partial charge is 0.222 e. The minimum atomic E-state index is 0.0994. The summed E-state index contributed by atoms with van der Waals surface area (Å²) in [4.78, 5) is 14.6. The highest BCUT2D eigenvalue weighted by Crippen LogP contribution is 2.17. The van der Waals surface area contributed by atoms with Crippen molar-refractivity contribution < 1.29 is 4.79 Å². The molecule has 0 atom stereocenters. The molecule has 0 aliphatic carbocycles. The van der Waals surface area contributed by atoms with Gasteiger partial charge in [0.15, 0.2) is 0 Å². The molecule has 0 bridgehead atoms. The molecule has 1 N–H and O–H groups in total. The van der Waals surface area contributed by atoms with Crippen molar-refractivity contribution in [3.8, 4) is 0 Å². The van der Waals surface area contributed by atoms with Crippen molar-refractivity contribution in [2.24, 2.45) is 7.05 Å². The molecule has 130 valence electrons. The number of fused-ring (bicyclic) bond motifs is 1. The van der Waals surface area contributed by atoms with Crippen LogP contribution in [0.25, 0.3) is 11.0 Å². The highest BCUT2D eigenvalue weighted by Gasteiger charge is 2.20. The van der Waals surface area contributed by atoms with Crippen molar-refractivity contribution in [1.29, 1.82) is 0 Å². The number of likely N-dealkylation sites (tertiary alicyclic amines) is 1. The third kappa shape index (κ3) is 3.51. The summed E-state index contributed by atoms with van der Waals surface area (Å²) >= 11 is 0. The molecule has 0 radical (unpaired) electrons. The number of nitrogens with zero attached hydrogens (tertiary/aromatic N) is 5. The van der Waals surface area contributed by atoms with Crippen LogP contribution in [0.4, 0.5) is 0 Å². The monoisotopic (exact) mass is 330 g/mol. The highest BCUT2D eigenvalue weighted by molar-refractivity contribution is 5.78. The predicted octanol–water partition coefficient (Wildman–Crippen LogP) is 1.23. The Morgan fingerprint density at radius 3 is 2.92 bits per heavy atom. The van der Waals surface area contributed by atoms with E-state index in [-0.39, 0.29) is 11.9 Å². The summed E-state index contributed by atoms with van der Waals surface area (Å²) in [6.45, 7) is 9.29. The highest BCUT2D eigenvalue weighted by atomic mass is 16.1. The first-order valence-electron chi connectivity index (χ1n) is 8.56. The molecule has 1 saturated heterocycles. The van der Waals surface area contributed by atoms with Gasteiger partial charge in [-0.1, -0.05) is 6.08 Å². The summed E-state index contributed by atoms with van der Waals surface area (Å²) in [7, 11) is 1.91. The normalized spacial score (nSPS) is 16.6. The van der Waals surface area contributed by atoms with Gasteiger partial charge in [0.05, 0.1) is 18.4 Å². The minimum absolute atomic E-state index is 0.0994. The van der Waals surface area contributed by atoms with Gasteiger partial charge in [0.1, 0.15) is 11.0 Å². The van der Waals surface area contributed by atoms with E-state index >= 15 is 0 Å². The molecule has 1 amide bonds. The number of rotatable bonds is 6. The van der Waals surface area contributed by atoms with Gasteiger partial charge in [-0.25, -0.2) is 0 Å². The van der Waals surface area contributed by atoms with Crippen LogP contribution in [0.3, 0.4) is 0 Å².